The van der Waals surface area contributed by atoms with Crippen molar-refractivity contribution in [2.75, 3.05) is 6.26 Å². The van der Waals surface area contributed by atoms with E-state index in [2.05, 4.69) is 4.98 Å². The largest absolute Gasteiger partial charge is 0.479 e. The molecule has 3 aromatic rings. The van der Waals surface area contributed by atoms with Crippen LogP contribution in [-0.2, 0) is 9.84 Å². The molecule has 0 saturated heterocycles. The lowest BCUT2D eigenvalue weighted by Crippen LogP contribution is -2.31. The molecule has 0 amide bonds. The fraction of sp³-hybridized carbons (Fsp3) is 0.235. The molecule has 0 aliphatic heterocycles. The number of sulfone groups is 1. The monoisotopic (exact) mass is 384 g/mol. The number of nitrogens with zero attached hydrogens (tertiary/aromatic N) is 2. The quantitative estimate of drug-likeness (QED) is 0.687. The van der Waals surface area contributed by atoms with Crippen LogP contribution in [0.25, 0.3) is 16.5 Å². The molecule has 0 fully saturated rings. The number of ether oxygens (including phenoxy) is 1. The van der Waals surface area contributed by atoms with Crippen LogP contribution < -0.4 is 4.74 Å². The lowest BCUT2D eigenvalue weighted by molar-refractivity contribution is -0.189. The third-order valence-electron chi connectivity index (χ3n) is 3.84. The second-order valence-electron chi connectivity index (χ2n) is 5.87. The number of fused-ring (bicyclic) bond motifs is 1. The van der Waals surface area contributed by atoms with Gasteiger partial charge in [0, 0.05) is 41.8 Å². The second kappa shape index (κ2) is 6.31. The lowest BCUT2D eigenvalue weighted by Gasteiger charge is -2.20. The molecule has 0 unspecified atom stereocenters. The molecule has 26 heavy (non-hydrogen) atoms. The van der Waals surface area contributed by atoms with Crippen molar-refractivity contribution in [2.45, 2.75) is 24.1 Å². The maximum absolute atomic E-state index is 12.9. The highest BCUT2D eigenvalue weighted by Gasteiger charge is 2.38. The van der Waals surface area contributed by atoms with Gasteiger partial charge < -0.3 is 9.30 Å². The predicted molar refractivity (Wildman–Crippen MR) is 90.3 cm³/mol. The van der Waals surface area contributed by atoms with E-state index in [0.717, 1.165) is 24.0 Å². The molecule has 0 saturated carbocycles. The number of hydrogen-bond donors (Lipinski definition) is 0. The zero-order valence-corrected chi connectivity index (χ0v) is 14.7. The van der Waals surface area contributed by atoms with E-state index in [1.165, 1.54) is 22.8 Å². The van der Waals surface area contributed by atoms with Crippen molar-refractivity contribution in [2.24, 2.45) is 0 Å². The maximum Gasteiger partial charge on any atom is 0.425 e. The Balaban J connectivity index is 2.15. The van der Waals surface area contributed by atoms with Gasteiger partial charge in [0.1, 0.15) is 5.75 Å². The van der Waals surface area contributed by atoms with E-state index >= 15 is 0 Å². The summed E-state index contributed by atoms with van der Waals surface area (Å²) in [5.41, 5.74) is 0.195. The summed E-state index contributed by atoms with van der Waals surface area (Å²) in [5.74, 6) is -0.0736. The van der Waals surface area contributed by atoms with E-state index in [4.69, 9.17) is 4.74 Å². The number of benzene rings is 1. The molecule has 9 heteroatoms. The van der Waals surface area contributed by atoms with Crippen LogP contribution in [0.5, 0.6) is 5.75 Å². The summed E-state index contributed by atoms with van der Waals surface area (Å²) in [6.07, 6.45) is 0.947. The van der Waals surface area contributed by atoms with Crippen molar-refractivity contribution < 1.29 is 26.3 Å². The van der Waals surface area contributed by atoms with Gasteiger partial charge in [-0.1, -0.05) is 0 Å². The Hall–Kier alpha value is -2.55. The number of aromatic nitrogens is 2. The Bertz CT molecular complexity index is 1030. The Labute approximate surface area is 148 Å². The minimum atomic E-state index is -4.54. The van der Waals surface area contributed by atoms with Crippen molar-refractivity contribution in [3.8, 4) is 11.4 Å². The van der Waals surface area contributed by atoms with Gasteiger partial charge in [-0.05, 0) is 31.2 Å². The standard InChI is InChI=1S/C17H15F3N2O3S/c1-11(17(18,19)20)25-16-4-3-14(26(2,23)24)7-15(16)22-9-12-5-6-21-8-13(12)10-22/h3-11H,1-2H3/t11-/m0/s1. The van der Waals surface area contributed by atoms with Gasteiger partial charge in [0.15, 0.2) is 15.9 Å². The fourth-order valence-corrected chi connectivity index (χ4v) is 3.05. The van der Waals surface area contributed by atoms with E-state index in [1.807, 2.05) is 0 Å². The predicted octanol–water partition coefficient (Wildman–Crippen LogP) is 3.76. The molecule has 0 bridgehead atoms. The third kappa shape index (κ3) is 3.67. The lowest BCUT2D eigenvalue weighted by atomic mass is 10.2. The van der Waals surface area contributed by atoms with Crippen LogP contribution in [0.2, 0.25) is 0 Å². The molecule has 138 valence electrons. The fourth-order valence-electron chi connectivity index (χ4n) is 2.41. The first-order valence-electron chi connectivity index (χ1n) is 7.55. The van der Waals surface area contributed by atoms with Crippen molar-refractivity contribution in [1.82, 2.24) is 9.55 Å². The molecule has 0 spiro atoms. The van der Waals surface area contributed by atoms with Gasteiger partial charge in [-0.3, -0.25) is 4.98 Å². The summed E-state index contributed by atoms with van der Waals surface area (Å²) in [4.78, 5) is 3.97. The first-order valence-corrected chi connectivity index (χ1v) is 9.44. The normalized spacial score (nSPS) is 13.7. The van der Waals surface area contributed by atoms with Crippen LogP contribution in [0.4, 0.5) is 13.2 Å². The van der Waals surface area contributed by atoms with Gasteiger partial charge in [-0.25, -0.2) is 8.42 Å². The highest BCUT2D eigenvalue weighted by Crippen LogP contribution is 2.32. The van der Waals surface area contributed by atoms with Crippen molar-refractivity contribution >= 4 is 20.6 Å². The average Bonchev–Trinajstić information content (AvgIpc) is 2.97. The molecule has 0 radical (unpaired) electrons. The minimum Gasteiger partial charge on any atom is -0.479 e. The molecule has 0 aliphatic carbocycles. The van der Waals surface area contributed by atoms with E-state index in [1.54, 1.807) is 30.9 Å². The summed E-state index contributed by atoms with van der Waals surface area (Å²) in [6, 6.07) is 5.49. The van der Waals surface area contributed by atoms with Gasteiger partial charge in [-0.2, -0.15) is 13.2 Å². The Morgan fingerprint density at radius 3 is 2.46 bits per heavy atom. The molecule has 0 aliphatic rings. The average molecular weight is 384 g/mol. The first kappa shape index (κ1) is 18.2. The molecule has 1 aromatic carbocycles. The van der Waals surface area contributed by atoms with Crippen LogP contribution in [0.15, 0.2) is 53.9 Å². The van der Waals surface area contributed by atoms with Gasteiger partial charge >= 0.3 is 6.18 Å². The van der Waals surface area contributed by atoms with Crippen LogP contribution in [0.1, 0.15) is 6.92 Å². The Morgan fingerprint density at radius 1 is 1.15 bits per heavy atom. The summed E-state index contributed by atoms with van der Waals surface area (Å²) in [6.45, 7) is 0.893. The summed E-state index contributed by atoms with van der Waals surface area (Å²) in [5, 5.41) is 1.56. The Morgan fingerprint density at radius 2 is 1.85 bits per heavy atom. The zero-order valence-electron chi connectivity index (χ0n) is 13.9. The highest BCUT2D eigenvalue weighted by molar-refractivity contribution is 7.90. The van der Waals surface area contributed by atoms with Crippen molar-refractivity contribution in [3.63, 3.8) is 0 Å². The third-order valence-corrected chi connectivity index (χ3v) is 4.96. The van der Waals surface area contributed by atoms with E-state index < -0.39 is 22.1 Å². The molecule has 1 atom stereocenters. The van der Waals surface area contributed by atoms with Gasteiger partial charge in [0.05, 0.1) is 10.6 Å². The zero-order chi connectivity index (χ0) is 19.1. The molecule has 0 N–H and O–H groups in total. The van der Waals surface area contributed by atoms with E-state index in [0.29, 0.717) is 0 Å². The summed E-state index contributed by atoms with van der Waals surface area (Å²) < 4.78 is 68.9. The molecular formula is C17H15F3N2O3S. The number of rotatable bonds is 4. The van der Waals surface area contributed by atoms with Gasteiger partial charge in [-0.15, -0.1) is 0 Å². The molecule has 3 rings (SSSR count). The van der Waals surface area contributed by atoms with E-state index in [-0.39, 0.29) is 16.3 Å². The van der Waals surface area contributed by atoms with Crippen molar-refractivity contribution in [1.29, 1.82) is 0 Å². The van der Waals surface area contributed by atoms with Gasteiger partial charge in [0.2, 0.25) is 0 Å². The van der Waals surface area contributed by atoms with Crippen LogP contribution >= 0.6 is 0 Å². The van der Waals surface area contributed by atoms with Gasteiger partial charge in [0.25, 0.3) is 0 Å². The summed E-state index contributed by atoms with van der Waals surface area (Å²) in [7, 11) is -3.54. The van der Waals surface area contributed by atoms with Crippen LogP contribution in [0.3, 0.4) is 0 Å². The highest BCUT2D eigenvalue weighted by atomic mass is 32.2. The van der Waals surface area contributed by atoms with Crippen molar-refractivity contribution in [3.05, 3.63) is 49.1 Å². The van der Waals surface area contributed by atoms with Crippen LogP contribution in [-0.4, -0.2) is 36.5 Å². The molecule has 2 heterocycles. The number of halogens is 3. The smallest absolute Gasteiger partial charge is 0.425 e. The first-order chi connectivity index (χ1) is 12.1. The number of pyridine rings is 1. The molecule has 2 aromatic heterocycles. The maximum atomic E-state index is 12.9. The topological polar surface area (TPSA) is 61.2 Å². The Kier molecular flexibility index (Phi) is 4.43. The van der Waals surface area contributed by atoms with Crippen LogP contribution in [0, 0.1) is 0 Å². The summed E-state index contributed by atoms with van der Waals surface area (Å²) >= 11 is 0. The SMILES string of the molecule is C[C@H](Oc1ccc(S(C)(=O)=O)cc1-n1cc2ccncc2c1)C(F)(F)F. The molecule has 5 nitrogen and oxygen atoms in total. The minimum absolute atomic E-state index is 0.0182. The second-order valence-corrected chi connectivity index (χ2v) is 7.89. The molecular weight excluding hydrogens is 369 g/mol. The number of hydrogen-bond acceptors (Lipinski definition) is 4. The van der Waals surface area contributed by atoms with E-state index in [9.17, 15) is 21.6 Å². The number of alkyl halides is 3.